The van der Waals surface area contributed by atoms with Crippen molar-refractivity contribution in [2.75, 3.05) is 23.7 Å². The summed E-state index contributed by atoms with van der Waals surface area (Å²) >= 11 is 18.3. The molecule has 0 heterocycles. The van der Waals surface area contributed by atoms with Crippen LogP contribution in [-0.4, -0.2) is 50.5 Å². The molecule has 0 aliphatic rings. The lowest BCUT2D eigenvalue weighted by Gasteiger charge is -2.30. The van der Waals surface area contributed by atoms with Crippen molar-refractivity contribution in [3.05, 3.63) is 63.1 Å². The molecule has 0 spiro atoms. The van der Waals surface area contributed by atoms with E-state index in [1.165, 1.54) is 17.0 Å². The molecule has 0 aromatic heterocycles. The molecule has 0 saturated heterocycles. The minimum atomic E-state index is -3.68. The first-order chi connectivity index (χ1) is 16.8. The van der Waals surface area contributed by atoms with Crippen LogP contribution in [0, 0.1) is 5.92 Å². The second-order valence-corrected chi connectivity index (χ2v) is 12.2. The van der Waals surface area contributed by atoms with Crippen LogP contribution in [0.2, 0.25) is 15.1 Å². The number of anilines is 1. The largest absolute Gasteiger partial charge is 0.354 e. The molecule has 1 N–H and O–H groups in total. The molecule has 2 aromatic carbocycles. The predicted octanol–water partition coefficient (Wildman–Crippen LogP) is 5.38. The molecule has 1 atom stereocenters. The van der Waals surface area contributed by atoms with Crippen molar-refractivity contribution in [2.24, 2.45) is 5.92 Å². The zero-order valence-electron chi connectivity index (χ0n) is 20.8. The molecule has 0 bridgehead atoms. The Morgan fingerprint density at radius 3 is 2.17 bits per heavy atom. The molecular weight excluding hydrogens is 545 g/mol. The van der Waals surface area contributed by atoms with Crippen LogP contribution in [0.3, 0.4) is 0 Å². The summed E-state index contributed by atoms with van der Waals surface area (Å²) in [6.45, 7) is 6.38. The molecule has 36 heavy (non-hydrogen) atoms. The maximum Gasteiger partial charge on any atom is 0.242 e. The highest BCUT2D eigenvalue weighted by atomic mass is 35.5. The molecule has 0 saturated carbocycles. The second-order valence-electron chi connectivity index (χ2n) is 9.00. The van der Waals surface area contributed by atoms with E-state index in [1.54, 1.807) is 37.3 Å². The third-order valence-electron chi connectivity index (χ3n) is 5.45. The van der Waals surface area contributed by atoms with Crippen LogP contribution < -0.4 is 9.62 Å². The highest BCUT2D eigenvalue weighted by molar-refractivity contribution is 7.92. The van der Waals surface area contributed by atoms with E-state index < -0.39 is 16.1 Å². The summed E-state index contributed by atoms with van der Waals surface area (Å²) in [6.07, 6.45) is 1.31. The number of amides is 2. The van der Waals surface area contributed by atoms with Gasteiger partial charge in [0, 0.05) is 36.1 Å². The standard InChI is InChI=1S/C25H32Cl3N3O4S/c1-17(2)15-29-25(33)18(3)30(16-19-7-9-20(26)10-8-19)24(32)6-5-13-31(36(4,34)35)23-14-21(27)11-12-22(23)28/h7-12,14,17-18H,5-6,13,15-16H2,1-4H3,(H,29,33)/t18-/m1/s1. The van der Waals surface area contributed by atoms with Crippen LogP contribution in [0.15, 0.2) is 42.5 Å². The molecule has 2 rings (SSSR count). The van der Waals surface area contributed by atoms with Crippen molar-refractivity contribution in [3.8, 4) is 0 Å². The highest BCUT2D eigenvalue weighted by Gasteiger charge is 2.27. The molecule has 7 nitrogen and oxygen atoms in total. The van der Waals surface area contributed by atoms with Gasteiger partial charge in [-0.25, -0.2) is 8.42 Å². The van der Waals surface area contributed by atoms with E-state index >= 15 is 0 Å². The fourth-order valence-electron chi connectivity index (χ4n) is 3.48. The van der Waals surface area contributed by atoms with Crippen molar-refractivity contribution in [1.29, 1.82) is 0 Å². The number of hydrogen-bond donors (Lipinski definition) is 1. The van der Waals surface area contributed by atoms with Gasteiger partial charge in [-0.3, -0.25) is 13.9 Å². The Labute approximate surface area is 228 Å². The van der Waals surface area contributed by atoms with E-state index in [-0.39, 0.29) is 54.4 Å². The maximum absolute atomic E-state index is 13.3. The number of benzene rings is 2. The Morgan fingerprint density at radius 2 is 1.58 bits per heavy atom. The summed E-state index contributed by atoms with van der Waals surface area (Å²) in [5, 5.41) is 4.01. The van der Waals surface area contributed by atoms with Gasteiger partial charge in [0.2, 0.25) is 21.8 Å². The Kier molecular flexibility index (Phi) is 11.3. The summed E-state index contributed by atoms with van der Waals surface area (Å²) in [5.74, 6) is -0.265. The van der Waals surface area contributed by atoms with Crippen molar-refractivity contribution in [3.63, 3.8) is 0 Å². The number of sulfonamides is 1. The number of hydrogen-bond acceptors (Lipinski definition) is 4. The van der Waals surface area contributed by atoms with E-state index in [0.29, 0.717) is 16.6 Å². The third kappa shape index (κ3) is 9.14. The minimum absolute atomic E-state index is 0.0212. The second kappa shape index (κ2) is 13.5. The number of halogens is 3. The van der Waals surface area contributed by atoms with Gasteiger partial charge in [0.15, 0.2) is 0 Å². The van der Waals surface area contributed by atoms with Gasteiger partial charge in [0.1, 0.15) is 6.04 Å². The van der Waals surface area contributed by atoms with Crippen LogP contribution in [0.4, 0.5) is 5.69 Å². The average Bonchev–Trinajstić information content (AvgIpc) is 2.80. The van der Waals surface area contributed by atoms with Gasteiger partial charge in [0.25, 0.3) is 0 Å². The lowest BCUT2D eigenvalue weighted by Crippen LogP contribution is -2.48. The fraction of sp³-hybridized carbons (Fsp3) is 0.440. The summed E-state index contributed by atoms with van der Waals surface area (Å²) in [6, 6.07) is 10.9. The lowest BCUT2D eigenvalue weighted by molar-refractivity contribution is -0.140. The van der Waals surface area contributed by atoms with E-state index in [9.17, 15) is 18.0 Å². The van der Waals surface area contributed by atoms with Gasteiger partial charge < -0.3 is 10.2 Å². The van der Waals surface area contributed by atoms with E-state index in [4.69, 9.17) is 34.8 Å². The van der Waals surface area contributed by atoms with Crippen LogP contribution in [-0.2, 0) is 26.2 Å². The van der Waals surface area contributed by atoms with E-state index in [2.05, 4.69) is 5.32 Å². The maximum atomic E-state index is 13.3. The normalized spacial score (nSPS) is 12.3. The van der Waals surface area contributed by atoms with Gasteiger partial charge in [-0.15, -0.1) is 0 Å². The van der Waals surface area contributed by atoms with E-state index in [0.717, 1.165) is 16.1 Å². The Morgan fingerprint density at radius 1 is 0.972 bits per heavy atom. The predicted molar refractivity (Wildman–Crippen MR) is 147 cm³/mol. The molecule has 0 unspecified atom stereocenters. The minimum Gasteiger partial charge on any atom is -0.354 e. The average molecular weight is 577 g/mol. The number of carbonyl (C=O) groups is 2. The molecule has 2 amide bonds. The number of nitrogens with zero attached hydrogens (tertiary/aromatic N) is 2. The smallest absolute Gasteiger partial charge is 0.242 e. The van der Waals surface area contributed by atoms with Crippen molar-refractivity contribution in [1.82, 2.24) is 10.2 Å². The number of carbonyl (C=O) groups excluding carboxylic acids is 2. The summed E-state index contributed by atoms with van der Waals surface area (Å²) < 4.78 is 26.1. The molecule has 2 aromatic rings. The molecule has 198 valence electrons. The molecule has 0 radical (unpaired) electrons. The fourth-order valence-corrected chi connectivity index (χ4v) is 5.01. The number of nitrogens with one attached hydrogen (secondary N) is 1. The third-order valence-corrected chi connectivity index (χ3v) is 7.43. The Balaban J connectivity index is 2.18. The highest BCUT2D eigenvalue weighted by Crippen LogP contribution is 2.31. The molecule has 11 heteroatoms. The topological polar surface area (TPSA) is 86.8 Å². The van der Waals surface area contributed by atoms with Crippen molar-refractivity contribution < 1.29 is 18.0 Å². The number of rotatable bonds is 12. The Hall–Kier alpha value is -2.00. The van der Waals surface area contributed by atoms with Crippen LogP contribution in [0.25, 0.3) is 0 Å². The van der Waals surface area contributed by atoms with Gasteiger partial charge in [0.05, 0.1) is 17.0 Å². The van der Waals surface area contributed by atoms with Gasteiger partial charge >= 0.3 is 0 Å². The molecule has 0 aliphatic heterocycles. The Bertz CT molecular complexity index is 1160. The van der Waals surface area contributed by atoms with E-state index in [1.807, 2.05) is 13.8 Å². The lowest BCUT2D eigenvalue weighted by atomic mass is 10.1. The van der Waals surface area contributed by atoms with Gasteiger partial charge in [-0.1, -0.05) is 60.8 Å². The summed E-state index contributed by atoms with van der Waals surface area (Å²) in [5.41, 5.74) is 1.07. The molecule has 0 fully saturated rings. The van der Waals surface area contributed by atoms with Gasteiger partial charge in [-0.2, -0.15) is 0 Å². The summed E-state index contributed by atoms with van der Waals surface area (Å²) in [4.78, 5) is 27.6. The first kappa shape index (κ1) is 30.2. The molecular formula is C25H32Cl3N3O4S. The van der Waals surface area contributed by atoms with Crippen molar-refractivity contribution in [2.45, 2.75) is 46.2 Å². The SMILES string of the molecule is CC(C)CNC(=O)[C@@H](C)N(Cc1ccc(Cl)cc1)C(=O)CCCN(c1cc(Cl)ccc1Cl)S(C)(=O)=O. The van der Waals surface area contributed by atoms with Crippen LogP contribution in [0.1, 0.15) is 39.2 Å². The zero-order chi connectivity index (χ0) is 27.0. The van der Waals surface area contributed by atoms with Crippen LogP contribution >= 0.6 is 34.8 Å². The first-order valence-corrected chi connectivity index (χ1v) is 14.5. The zero-order valence-corrected chi connectivity index (χ0v) is 23.9. The van der Waals surface area contributed by atoms with Crippen molar-refractivity contribution >= 4 is 62.3 Å². The first-order valence-electron chi connectivity index (χ1n) is 11.5. The molecule has 0 aliphatic carbocycles. The summed E-state index contributed by atoms with van der Waals surface area (Å²) in [7, 11) is -3.68. The van der Waals surface area contributed by atoms with Crippen LogP contribution in [0.5, 0.6) is 0 Å². The quantitative estimate of drug-likeness (QED) is 0.367. The monoisotopic (exact) mass is 575 g/mol. The van der Waals surface area contributed by atoms with Gasteiger partial charge in [-0.05, 0) is 55.2 Å².